The average Bonchev–Trinajstić information content (AvgIpc) is 3.29. The van der Waals surface area contributed by atoms with E-state index in [4.69, 9.17) is 16.3 Å². The molecule has 0 saturated carbocycles. The fraction of sp³-hybridized carbons (Fsp3) is 0.115. The van der Waals surface area contributed by atoms with Crippen molar-refractivity contribution in [3.63, 3.8) is 0 Å². The van der Waals surface area contributed by atoms with Crippen molar-refractivity contribution in [2.75, 3.05) is 5.32 Å². The van der Waals surface area contributed by atoms with Crippen molar-refractivity contribution in [2.45, 2.75) is 19.2 Å². The summed E-state index contributed by atoms with van der Waals surface area (Å²) in [4.78, 5) is 16.4. The van der Waals surface area contributed by atoms with Crippen molar-refractivity contribution in [1.29, 1.82) is 0 Å². The highest BCUT2D eigenvalue weighted by Crippen LogP contribution is 2.32. The van der Waals surface area contributed by atoms with E-state index in [1.54, 1.807) is 35.7 Å². The number of carbonyl (C=O) groups is 1. The number of thiazole rings is 1. The molecule has 1 aromatic heterocycles. The van der Waals surface area contributed by atoms with Crippen LogP contribution in [-0.4, -0.2) is 17.1 Å². The van der Waals surface area contributed by atoms with E-state index >= 15 is 0 Å². The Bertz CT molecular complexity index is 1460. The zero-order valence-electron chi connectivity index (χ0n) is 19.4. The minimum atomic E-state index is -4.45. The molecule has 2 N–H and O–H groups in total. The summed E-state index contributed by atoms with van der Waals surface area (Å²) in [5.41, 5.74) is 3.55. The summed E-state index contributed by atoms with van der Waals surface area (Å²) in [6.45, 7) is 0.148. The molecule has 38 heavy (non-hydrogen) atoms. The van der Waals surface area contributed by atoms with Gasteiger partial charge < -0.3 is 10.1 Å². The van der Waals surface area contributed by atoms with E-state index in [1.807, 2.05) is 0 Å². The van der Waals surface area contributed by atoms with Crippen LogP contribution in [0.5, 0.6) is 5.75 Å². The predicted molar refractivity (Wildman–Crippen MR) is 138 cm³/mol. The average molecular weight is 563 g/mol. The van der Waals surface area contributed by atoms with Gasteiger partial charge in [0.05, 0.1) is 28.9 Å². The smallest absolute Gasteiger partial charge is 0.416 e. The van der Waals surface area contributed by atoms with Gasteiger partial charge in [0.25, 0.3) is 0 Å². The molecule has 1 heterocycles. The Kier molecular flexibility index (Phi) is 8.59. The van der Waals surface area contributed by atoms with E-state index in [-0.39, 0.29) is 24.5 Å². The van der Waals surface area contributed by atoms with Gasteiger partial charge >= 0.3 is 6.18 Å². The third-order valence-corrected chi connectivity index (χ3v) is 6.08. The molecule has 0 aliphatic rings. The first-order valence-electron chi connectivity index (χ1n) is 11.0. The fourth-order valence-corrected chi connectivity index (χ4v) is 4.20. The molecule has 196 valence electrons. The number of rotatable bonds is 9. The second kappa shape index (κ2) is 12.1. The lowest BCUT2D eigenvalue weighted by atomic mass is 10.2. The minimum Gasteiger partial charge on any atom is -0.487 e. The van der Waals surface area contributed by atoms with Crippen LogP contribution in [0.4, 0.5) is 28.4 Å². The number of nitrogens with zero attached hydrogens (tertiary/aromatic N) is 2. The van der Waals surface area contributed by atoms with Gasteiger partial charge in [0.1, 0.15) is 18.2 Å². The maximum absolute atomic E-state index is 13.3. The quantitative estimate of drug-likeness (QED) is 0.131. The van der Waals surface area contributed by atoms with Gasteiger partial charge in [0.2, 0.25) is 5.91 Å². The minimum absolute atomic E-state index is 0.0777. The van der Waals surface area contributed by atoms with Crippen molar-refractivity contribution in [3.05, 3.63) is 105 Å². The molecule has 1 amide bonds. The number of hydrazone groups is 1. The van der Waals surface area contributed by atoms with Gasteiger partial charge in [-0.2, -0.15) is 18.3 Å². The van der Waals surface area contributed by atoms with Gasteiger partial charge in [0.15, 0.2) is 5.13 Å². The third kappa shape index (κ3) is 7.77. The Morgan fingerprint density at radius 1 is 1.11 bits per heavy atom. The van der Waals surface area contributed by atoms with E-state index in [0.29, 0.717) is 32.7 Å². The maximum atomic E-state index is 13.3. The SMILES string of the molecule is O=C(Cc1csc(Nc2cccc(C(F)(F)F)c2)n1)NN=Cc1ccc(OCc2cccc(F)c2)c(Cl)c1. The number of carbonyl (C=O) groups excluding carboxylic acids is 1. The first-order valence-corrected chi connectivity index (χ1v) is 12.3. The van der Waals surface area contributed by atoms with Gasteiger partial charge in [-0.1, -0.05) is 29.8 Å². The van der Waals surface area contributed by atoms with E-state index < -0.39 is 17.6 Å². The van der Waals surface area contributed by atoms with Crippen LogP contribution < -0.4 is 15.5 Å². The number of alkyl halides is 3. The molecule has 12 heteroatoms. The summed E-state index contributed by atoms with van der Waals surface area (Å²) in [7, 11) is 0. The second-order valence-corrected chi connectivity index (χ2v) is 9.19. The lowest BCUT2D eigenvalue weighted by molar-refractivity contribution is -0.137. The van der Waals surface area contributed by atoms with E-state index in [2.05, 4.69) is 20.8 Å². The van der Waals surface area contributed by atoms with Gasteiger partial charge in [0, 0.05) is 11.1 Å². The second-order valence-electron chi connectivity index (χ2n) is 7.93. The number of amides is 1. The van der Waals surface area contributed by atoms with E-state index in [0.717, 1.165) is 23.5 Å². The molecule has 0 aliphatic carbocycles. The highest BCUT2D eigenvalue weighted by Gasteiger charge is 2.30. The molecular formula is C26H19ClF4N4O2S. The zero-order chi connectivity index (χ0) is 27.1. The largest absolute Gasteiger partial charge is 0.487 e. The van der Waals surface area contributed by atoms with E-state index in [9.17, 15) is 22.4 Å². The molecule has 0 spiro atoms. The molecule has 0 unspecified atom stereocenters. The molecule has 0 fully saturated rings. The maximum Gasteiger partial charge on any atom is 0.416 e. The molecule has 3 aromatic carbocycles. The zero-order valence-corrected chi connectivity index (χ0v) is 21.0. The number of ether oxygens (including phenoxy) is 1. The van der Waals surface area contributed by atoms with Crippen LogP contribution in [0.2, 0.25) is 5.02 Å². The Hall–Kier alpha value is -3.96. The lowest BCUT2D eigenvalue weighted by Gasteiger charge is -2.09. The molecule has 0 saturated heterocycles. The van der Waals surface area contributed by atoms with E-state index in [1.165, 1.54) is 30.5 Å². The first kappa shape index (κ1) is 27.1. The van der Waals surface area contributed by atoms with Crippen LogP contribution in [0, 0.1) is 5.82 Å². The molecule has 0 radical (unpaired) electrons. The monoisotopic (exact) mass is 562 g/mol. The number of aromatic nitrogens is 1. The highest BCUT2D eigenvalue weighted by atomic mass is 35.5. The van der Waals surface area contributed by atoms with Gasteiger partial charge in [-0.25, -0.2) is 14.8 Å². The number of benzene rings is 3. The Morgan fingerprint density at radius 3 is 2.68 bits per heavy atom. The number of halogens is 5. The number of anilines is 2. The fourth-order valence-electron chi connectivity index (χ4n) is 3.23. The standard InChI is InChI=1S/C26H19ClF4N4O2S/c27-22-10-16(7-8-23(22)37-14-17-3-1-5-19(28)9-17)13-32-35-24(36)12-21-15-38-25(34-21)33-20-6-2-4-18(11-20)26(29,30)31/h1-11,13,15H,12,14H2,(H,33,34)(H,35,36). The van der Waals surface area contributed by atoms with Crippen LogP contribution >= 0.6 is 22.9 Å². The predicted octanol–water partition coefficient (Wildman–Crippen LogP) is 6.97. The Morgan fingerprint density at radius 2 is 1.92 bits per heavy atom. The third-order valence-electron chi connectivity index (χ3n) is 4.98. The number of nitrogens with one attached hydrogen (secondary N) is 2. The Balaban J connectivity index is 1.27. The summed E-state index contributed by atoms with van der Waals surface area (Å²) in [5, 5.41) is 9.02. The van der Waals surface area contributed by atoms with Crippen LogP contribution in [0.1, 0.15) is 22.4 Å². The van der Waals surface area contributed by atoms with Crippen molar-refractivity contribution < 1.29 is 27.1 Å². The topological polar surface area (TPSA) is 75.6 Å². The van der Waals surface area contributed by atoms with Crippen LogP contribution in [-0.2, 0) is 24.0 Å². The summed E-state index contributed by atoms with van der Waals surface area (Å²) in [6, 6.07) is 15.7. The normalized spacial score (nSPS) is 11.5. The van der Waals surface area contributed by atoms with Crippen molar-refractivity contribution in [1.82, 2.24) is 10.4 Å². The highest BCUT2D eigenvalue weighted by molar-refractivity contribution is 7.13. The van der Waals surface area contributed by atoms with Crippen LogP contribution in [0.3, 0.4) is 0 Å². The number of hydrogen-bond donors (Lipinski definition) is 2. The van der Waals surface area contributed by atoms with Crippen molar-refractivity contribution in [2.24, 2.45) is 5.10 Å². The first-order chi connectivity index (χ1) is 18.2. The summed E-state index contributed by atoms with van der Waals surface area (Å²) in [5.74, 6) is -0.374. The summed E-state index contributed by atoms with van der Waals surface area (Å²) < 4.78 is 57.6. The van der Waals surface area contributed by atoms with Gasteiger partial charge in [-0.15, -0.1) is 11.3 Å². The molecule has 0 bridgehead atoms. The Labute approximate surface area is 223 Å². The van der Waals surface area contributed by atoms with Gasteiger partial charge in [-0.05, 0) is 59.7 Å². The summed E-state index contributed by atoms with van der Waals surface area (Å²) in [6.07, 6.45) is -3.12. The molecule has 0 aliphatic heterocycles. The molecule has 6 nitrogen and oxygen atoms in total. The lowest BCUT2D eigenvalue weighted by Crippen LogP contribution is -2.19. The van der Waals surface area contributed by atoms with Crippen molar-refractivity contribution in [3.8, 4) is 5.75 Å². The molecular weight excluding hydrogens is 544 g/mol. The van der Waals surface area contributed by atoms with Gasteiger partial charge in [-0.3, -0.25) is 4.79 Å². The number of hydrogen-bond acceptors (Lipinski definition) is 6. The molecule has 4 aromatic rings. The van der Waals surface area contributed by atoms with Crippen molar-refractivity contribution >= 4 is 45.9 Å². The van der Waals surface area contributed by atoms with Crippen LogP contribution in [0.25, 0.3) is 0 Å². The van der Waals surface area contributed by atoms with Crippen LogP contribution in [0.15, 0.2) is 77.2 Å². The molecule has 4 rings (SSSR count). The summed E-state index contributed by atoms with van der Waals surface area (Å²) >= 11 is 7.41. The molecule has 0 atom stereocenters.